The molecule has 0 bridgehead atoms. The summed E-state index contributed by atoms with van der Waals surface area (Å²) >= 11 is 0. The van der Waals surface area contributed by atoms with E-state index >= 15 is 0 Å². The normalized spacial score (nSPS) is 11.1. The lowest BCUT2D eigenvalue weighted by Gasteiger charge is -2.23. The van der Waals surface area contributed by atoms with Gasteiger partial charge in [-0.05, 0) is 23.6 Å². The number of hydrogen-bond acceptors (Lipinski definition) is 3. The highest BCUT2D eigenvalue weighted by atomic mass is 16.5. The zero-order valence-electron chi connectivity index (χ0n) is 10.6. The number of carbonyl (C=O) groups is 1. The topological polar surface area (TPSA) is 55.8 Å². The van der Waals surface area contributed by atoms with E-state index in [1.165, 1.54) is 0 Å². The first-order chi connectivity index (χ1) is 7.84. The van der Waals surface area contributed by atoms with Crippen molar-refractivity contribution in [2.24, 2.45) is 0 Å². The van der Waals surface area contributed by atoms with Gasteiger partial charge in [-0.1, -0.05) is 20.8 Å². The minimum atomic E-state index is -0.985. The van der Waals surface area contributed by atoms with E-state index in [-0.39, 0.29) is 12.0 Å². The molecule has 0 aliphatic heterocycles. The third-order valence-corrected chi connectivity index (χ3v) is 2.35. The lowest BCUT2D eigenvalue weighted by molar-refractivity contribution is -0.139. The summed E-state index contributed by atoms with van der Waals surface area (Å²) in [5.41, 5.74) is 0.792. The Labute approximate surface area is 101 Å². The Morgan fingerprint density at radius 3 is 2.47 bits per heavy atom. The molecule has 1 N–H and O–H groups in total. The number of methoxy groups -OCH3 is 1. The first-order valence-corrected chi connectivity index (χ1v) is 5.37. The van der Waals surface area contributed by atoms with Crippen LogP contribution in [0.15, 0.2) is 18.2 Å². The number of benzene rings is 1. The predicted molar refractivity (Wildman–Crippen MR) is 64.8 cm³/mol. The number of hydrogen-bond donors (Lipinski definition) is 1. The summed E-state index contributed by atoms with van der Waals surface area (Å²) in [6, 6.07) is 5.37. The summed E-state index contributed by atoms with van der Waals surface area (Å²) < 4.78 is 10.4. The van der Waals surface area contributed by atoms with Crippen LogP contribution in [-0.4, -0.2) is 24.8 Å². The van der Waals surface area contributed by atoms with E-state index in [2.05, 4.69) is 0 Å². The lowest BCUT2D eigenvalue weighted by atomic mass is 9.86. The summed E-state index contributed by atoms with van der Waals surface area (Å²) in [5.74, 6) is 0.332. The minimum Gasteiger partial charge on any atom is -0.497 e. The molecule has 0 fully saturated rings. The Balaban J connectivity index is 3.07. The van der Waals surface area contributed by atoms with Crippen molar-refractivity contribution >= 4 is 5.97 Å². The van der Waals surface area contributed by atoms with Gasteiger partial charge >= 0.3 is 5.97 Å². The second kappa shape index (κ2) is 5.08. The second-order valence-electron chi connectivity index (χ2n) is 4.79. The maximum absolute atomic E-state index is 10.5. The van der Waals surface area contributed by atoms with E-state index in [0.29, 0.717) is 5.75 Å². The highest BCUT2D eigenvalue weighted by Gasteiger charge is 2.20. The smallest absolute Gasteiger partial charge is 0.341 e. The first-order valence-electron chi connectivity index (χ1n) is 5.37. The highest BCUT2D eigenvalue weighted by Crippen LogP contribution is 2.34. The average molecular weight is 238 g/mol. The number of aliphatic carboxylic acids is 1. The van der Waals surface area contributed by atoms with Crippen molar-refractivity contribution in [1.29, 1.82) is 0 Å². The Morgan fingerprint density at radius 1 is 1.35 bits per heavy atom. The van der Waals surface area contributed by atoms with Gasteiger partial charge in [-0.25, -0.2) is 4.79 Å². The molecule has 0 amide bonds. The molecule has 4 nitrogen and oxygen atoms in total. The van der Waals surface area contributed by atoms with E-state index in [1.54, 1.807) is 19.2 Å². The average Bonchev–Trinajstić information content (AvgIpc) is 2.24. The monoisotopic (exact) mass is 238 g/mol. The second-order valence-corrected chi connectivity index (χ2v) is 4.79. The summed E-state index contributed by atoms with van der Waals surface area (Å²) in [5, 5.41) is 8.62. The number of carboxylic acids is 1. The molecule has 4 heteroatoms. The summed E-state index contributed by atoms with van der Waals surface area (Å²) in [4.78, 5) is 10.5. The summed E-state index contributed by atoms with van der Waals surface area (Å²) in [6.07, 6.45) is 0. The van der Waals surface area contributed by atoms with Crippen LogP contribution in [0.2, 0.25) is 0 Å². The standard InChI is InChI=1S/C13H18O4/c1-13(2,3)10-7-9(16-4)5-6-11(10)17-8-12(14)15/h5-7H,8H2,1-4H3,(H,14,15). The zero-order chi connectivity index (χ0) is 13.1. The highest BCUT2D eigenvalue weighted by molar-refractivity contribution is 5.68. The molecule has 0 aromatic heterocycles. The van der Waals surface area contributed by atoms with Gasteiger partial charge in [-0.2, -0.15) is 0 Å². The predicted octanol–water partition coefficient (Wildman–Crippen LogP) is 2.46. The van der Waals surface area contributed by atoms with Crippen molar-refractivity contribution in [2.75, 3.05) is 13.7 Å². The molecule has 1 rings (SSSR count). The zero-order valence-corrected chi connectivity index (χ0v) is 10.6. The minimum absolute atomic E-state index is 0.137. The molecule has 0 aliphatic rings. The Kier molecular flexibility index (Phi) is 3.99. The van der Waals surface area contributed by atoms with Crippen LogP contribution < -0.4 is 9.47 Å². The van der Waals surface area contributed by atoms with E-state index in [1.807, 2.05) is 26.8 Å². The van der Waals surface area contributed by atoms with Crippen LogP contribution in [0.4, 0.5) is 0 Å². The number of carboxylic acid groups (broad SMARTS) is 1. The molecule has 0 saturated carbocycles. The van der Waals surface area contributed by atoms with Gasteiger partial charge in [-0.15, -0.1) is 0 Å². The van der Waals surface area contributed by atoms with Crippen molar-refractivity contribution in [1.82, 2.24) is 0 Å². The molecule has 1 aromatic rings. The van der Waals surface area contributed by atoms with Crippen LogP contribution in [0.1, 0.15) is 26.3 Å². The number of rotatable bonds is 4. The lowest BCUT2D eigenvalue weighted by Crippen LogP contribution is -2.16. The molecule has 0 spiro atoms. The van der Waals surface area contributed by atoms with E-state index in [4.69, 9.17) is 14.6 Å². The molecule has 94 valence electrons. The molecule has 0 saturated heterocycles. The van der Waals surface area contributed by atoms with Crippen LogP contribution in [-0.2, 0) is 10.2 Å². The van der Waals surface area contributed by atoms with E-state index in [9.17, 15) is 4.79 Å². The van der Waals surface area contributed by atoms with Crippen molar-refractivity contribution < 1.29 is 19.4 Å². The van der Waals surface area contributed by atoms with Crippen LogP contribution in [0, 0.1) is 0 Å². The van der Waals surface area contributed by atoms with E-state index < -0.39 is 5.97 Å². The Morgan fingerprint density at radius 2 is 2.00 bits per heavy atom. The fourth-order valence-electron chi connectivity index (χ4n) is 1.49. The Hall–Kier alpha value is -1.71. The molecule has 1 aromatic carbocycles. The van der Waals surface area contributed by atoms with Crippen molar-refractivity contribution in [2.45, 2.75) is 26.2 Å². The molecule has 0 aliphatic carbocycles. The summed E-state index contributed by atoms with van der Waals surface area (Å²) in [7, 11) is 1.60. The van der Waals surface area contributed by atoms with Gasteiger partial charge in [0.1, 0.15) is 11.5 Å². The van der Waals surface area contributed by atoms with Gasteiger partial charge in [0, 0.05) is 5.56 Å². The molecular weight excluding hydrogens is 220 g/mol. The Bertz CT molecular complexity index is 404. The quantitative estimate of drug-likeness (QED) is 0.875. The van der Waals surface area contributed by atoms with Gasteiger partial charge in [0.15, 0.2) is 6.61 Å². The van der Waals surface area contributed by atoms with Crippen molar-refractivity contribution in [3.63, 3.8) is 0 Å². The van der Waals surface area contributed by atoms with Gasteiger partial charge in [0.25, 0.3) is 0 Å². The van der Waals surface area contributed by atoms with Crippen LogP contribution in [0.25, 0.3) is 0 Å². The fourth-order valence-corrected chi connectivity index (χ4v) is 1.49. The maximum atomic E-state index is 10.5. The first kappa shape index (κ1) is 13.4. The number of ether oxygens (including phenoxy) is 2. The van der Waals surface area contributed by atoms with Crippen molar-refractivity contribution in [3.8, 4) is 11.5 Å². The van der Waals surface area contributed by atoms with Gasteiger partial charge < -0.3 is 14.6 Å². The van der Waals surface area contributed by atoms with Crippen LogP contribution in [0.5, 0.6) is 11.5 Å². The van der Waals surface area contributed by atoms with Gasteiger partial charge in [-0.3, -0.25) is 0 Å². The van der Waals surface area contributed by atoms with Crippen LogP contribution >= 0.6 is 0 Å². The third-order valence-electron chi connectivity index (χ3n) is 2.35. The van der Waals surface area contributed by atoms with Gasteiger partial charge in [0.2, 0.25) is 0 Å². The third kappa shape index (κ3) is 3.66. The molecule has 0 heterocycles. The summed E-state index contributed by atoms with van der Waals surface area (Å²) in [6.45, 7) is 5.77. The molecule has 0 atom stereocenters. The van der Waals surface area contributed by atoms with E-state index in [0.717, 1.165) is 11.3 Å². The van der Waals surface area contributed by atoms with Crippen LogP contribution in [0.3, 0.4) is 0 Å². The SMILES string of the molecule is COc1ccc(OCC(=O)O)c(C(C)(C)C)c1. The van der Waals surface area contributed by atoms with Gasteiger partial charge in [0.05, 0.1) is 7.11 Å². The molecule has 17 heavy (non-hydrogen) atoms. The molecule has 0 unspecified atom stereocenters. The molecule has 0 radical (unpaired) electrons. The fraction of sp³-hybridized carbons (Fsp3) is 0.462. The maximum Gasteiger partial charge on any atom is 0.341 e. The largest absolute Gasteiger partial charge is 0.497 e. The van der Waals surface area contributed by atoms with Crippen molar-refractivity contribution in [3.05, 3.63) is 23.8 Å². The molecular formula is C13H18O4.